The van der Waals surface area contributed by atoms with Gasteiger partial charge in [0, 0.05) is 24.2 Å². The largest absolute Gasteiger partial charge is 2.00 e. The van der Waals surface area contributed by atoms with Gasteiger partial charge in [0.1, 0.15) is 0 Å². The summed E-state index contributed by atoms with van der Waals surface area (Å²) in [5, 5.41) is 4.99. The molecule has 1 atom stereocenters. The Balaban J connectivity index is 0.00000241. The average molecular weight is 625 g/mol. The zero-order chi connectivity index (χ0) is 22.2. The minimum absolute atomic E-state index is 0. The second kappa shape index (κ2) is 9.31. The van der Waals surface area contributed by atoms with E-state index in [-0.39, 0.29) is 21.1 Å². The number of rotatable bonds is 4. The molecule has 0 fully saturated rings. The van der Waals surface area contributed by atoms with E-state index in [0.717, 1.165) is 16.6 Å². The number of pyridine rings is 2. The Kier molecular flexibility index (Phi) is 5.75. The molecular formula is C28H17N2OPPt. The van der Waals surface area contributed by atoms with Crippen molar-refractivity contribution in [2.45, 2.75) is 0 Å². The Labute approximate surface area is 208 Å². The van der Waals surface area contributed by atoms with Crippen LogP contribution in [0.25, 0.3) is 37.6 Å². The van der Waals surface area contributed by atoms with Crippen molar-refractivity contribution in [2.24, 2.45) is 0 Å². The van der Waals surface area contributed by atoms with Crippen molar-refractivity contribution in [2.75, 3.05) is 0 Å². The summed E-state index contributed by atoms with van der Waals surface area (Å²) < 4.78 is 13.4. The van der Waals surface area contributed by atoms with Gasteiger partial charge in [-0.3, -0.25) is 4.98 Å². The van der Waals surface area contributed by atoms with Gasteiger partial charge in [0.05, 0.1) is 6.81 Å². The van der Waals surface area contributed by atoms with Gasteiger partial charge < -0.3 is 4.74 Å². The van der Waals surface area contributed by atoms with Gasteiger partial charge in [-0.05, 0) is 28.7 Å². The molecule has 3 nitrogen and oxygen atoms in total. The molecule has 0 amide bonds. The van der Waals surface area contributed by atoms with Crippen molar-refractivity contribution in [1.82, 2.24) is 9.97 Å². The summed E-state index contributed by atoms with van der Waals surface area (Å²) in [6.45, 7) is 0. The van der Waals surface area contributed by atoms with Crippen LogP contribution >= 0.6 is 7.53 Å². The molecule has 0 radical (unpaired) electrons. The molecule has 0 saturated carbocycles. The van der Waals surface area contributed by atoms with E-state index in [1.54, 1.807) is 12.1 Å². The van der Waals surface area contributed by atoms with Crippen molar-refractivity contribution < 1.29 is 27.2 Å². The van der Waals surface area contributed by atoms with E-state index >= 15 is 0 Å². The zero-order valence-electron chi connectivity index (χ0n) is 18.3. The van der Waals surface area contributed by atoms with Crippen LogP contribution in [0.4, 0.5) is 0 Å². The normalized spacial score (nSPS) is 11.8. The monoisotopic (exact) mass is 624 g/mol. The number of ether oxygens (including phenoxy) is 1. The SMILES string of the molecule is [2H]c1ccc(Oc2[c-]c(-c3[c-]c4c(cc3)c3ccccc3p4-c3ccccn3)ccc2)nc1.[Pt+2]. The maximum absolute atomic E-state index is 7.57. The van der Waals surface area contributed by atoms with E-state index in [0.29, 0.717) is 17.7 Å². The number of hydrogen-bond acceptors (Lipinski definition) is 3. The van der Waals surface area contributed by atoms with E-state index in [2.05, 4.69) is 64.6 Å². The predicted octanol–water partition coefficient (Wildman–Crippen LogP) is 7.82. The molecule has 0 aliphatic rings. The van der Waals surface area contributed by atoms with Crippen LogP contribution in [0.3, 0.4) is 0 Å². The van der Waals surface area contributed by atoms with Gasteiger partial charge in [-0.15, -0.1) is 18.2 Å². The van der Waals surface area contributed by atoms with Crippen LogP contribution in [0.1, 0.15) is 1.37 Å². The molecule has 0 aliphatic heterocycles. The number of benzene rings is 3. The van der Waals surface area contributed by atoms with E-state index in [1.165, 1.54) is 27.2 Å². The summed E-state index contributed by atoms with van der Waals surface area (Å²) in [7, 11) is -0.769. The first-order chi connectivity index (χ1) is 16.3. The third-order valence-corrected chi connectivity index (χ3v) is 7.72. The Bertz CT molecular complexity index is 1600. The number of aromatic nitrogens is 2. The van der Waals surface area contributed by atoms with Crippen molar-refractivity contribution in [1.29, 1.82) is 0 Å². The van der Waals surface area contributed by atoms with Gasteiger partial charge in [0.25, 0.3) is 0 Å². The molecule has 0 aliphatic carbocycles. The van der Waals surface area contributed by atoms with Crippen molar-refractivity contribution in [3.63, 3.8) is 0 Å². The van der Waals surface area contributed by atoms with Crippen LogP contribution in [0.5, 0.6) is 11.6 Å². The fourth-order valence-electron chi connectivity index (χ4n) is 3.92. The molecule has 0 saturated heterocycles. The van der Waals surface area contributed by atoms with Gasteiger partial charge in [-0.1, -0.05) is 54.4 Å². The summed E-state index contributed by atoms with van der Waals surface area (Å²) in [4.78, 5) is 8.84. The minimum Gasteiger partial charge on any atom is -0.460 e. The molecule has 1 unspecified atom stereocenters. The van der Waals surface area contributed by atoms with E-state index in [4.69, 9.17) is 6.11 Å². The summed E-state index contributed by atoms with van der Waals surface area (Å²) in [6.07, 6.45) is 3.32. The van der Waals surface area contributed by atoms with Gasteiger partial charge in [-0.2, -0.15) is 24.3 Å². The summed E-state index contributed by atoms with van der Waals surface area (Å²) in [6, 6.07) is 35.5. The molecule has 6 rings (SSSR count). The first-order valence-corrected chi connectivity index (χ1v) is 11.6. The average Bonchev–Trinajstić information content (AvgIpc) is 3.20. The Hall–Kier alpha value is -3.25. The predicted molar refractivity (Wildman–Crippen MR) is 131 cm³/mol. The zero-order valence-corrected chi connectivity index (χ0v) is 20.5. The Morgan fingerprint density at radius 1 is 0.727 bits per heavy atom. The quantitative estimate of drug-likeness (QED) is 0.188. The molecule has 0 spiro atoms. The summed E-state index contributed by atoms with van der Waals surface area (Å²) >= 11 is 0. The Morgan fingerprint density at radius 3 is 2.45 bits per heavy atom. The molecular weight excluding hydrogens is 606 g/mol. The molecule has 3 aromatic heterocycles. The summed E-state index contributed by atoms with van der Waals surface area (Å²) in [5.41, 5.74) is 2.95. The maximum atomic E-state index is 7.57. The fourth-order valence-corrected chi connectivity index (χ4v) is 6.39. The second-order valence-corrected chi connectivity index (χ2v) is 9.36. The van der Waals surface area contributed by atoms with Gasteiger partial charge >= 0.3 is 21.1 Å². The van der Waals surface area contributed by atoms with E-state index in [9.17, 15) is 0 Å². The number of nitrogens with zero attached hydrogens (tertiary/aromatic N) is 2. The van der Waals surface area contributed by atoms with Gasteiger partial charge in [0.15, 0.2) is 0 Å². The van der Waals surface area contributed by atoms with E-state index in [1.807, 2.05) is 36.5 Å². The van der Waals surface area contributed by atoms with Crippen LogP contribution in [-0.2, 0) is 21.1 Å². The standard InChI is InChI=1S/C28H17N2OP.Pt/c1-2-11-25-23(10-1)24-15-14-21(19-26(24)32(25)28-13-4-6-17-30-28)20-8-7-9-22(18-20)31-27-12-3-5-16-29-27;/h1-17H;/q-2;+2/i5D;. The van der Waals surface area contributed by atoms with Crippen LogP contribution in [-0.4, -0.2) is 9.97 Å². The number of fused-ring (bicyclic) bond motifs is 3. The van der Waals surface area contributed by atoms with Crippen LogP contribution in [0.15, 0.2) is 103 Å². The topological polar surface area (TPSA) is 35.0 Å². The molecule has 0 N–H and O–H groups in total. The molecule has 33 heavy (non-hydrogen) atoms. The first-order valence-electron chi connectivity index (χ1n) is 10.8. The molecule has 6 aromatic rings. The van der Waals surface area contributed by atoms with Crippen LogP contribution < -0.4 is 4.74 Å². The first kappa shape index (κ1) is 20.4. The van der Waals surface area contributed by atoms with Crippen molar-refractivity contribution in [3.8, 4) is 28.2 Å². The molecule has 0 bridgehead atoms. The van der Waals surface area contributed by atoms with Crippen molar-refractivity contribution in [3.05, 3.63) is 115 Å². The summed E-state index contributed by atoms with van der Waals surface area (Å²) in [5.74, 6) is 1.01. The molecule has 5 heteroatoms. The van der Waals surface area contributed by atoms with E-state index < -0.39 is 7.53 Å². The molecule has 160 valence electrons. The maximum Gasteiger partial charge on any atom is 2.00 e. The van der Waals surface area contributed by atoms with Crippen molar-refractivity contribution >= 4 is 28.5 Å². The smallest absolute Gasteiger partial charge is 0.460 e. The van der Waals surface area contributed by atoms with Crippen LogP contribution in [0.2, 0.25) is 0 Å². The third kappa shape index (κ3) is 4.11. The van der Waals surface area contributed by atoms with Gasteiger partial charge in [-0.25, -0.2) is 16.1 Å². The number of hydrogen-bond donors (Lipinski definition) is 0. The third-order valence-electron chi connectivity index (χ3n) is 5.32. The van der Waals surface area contributed by atoms with Gasteiger partial charge in [0.2, 0.25) is 5.88 Å². The fraction of sp³-hybridized carbons (Fsp3) is 0. The molecule has 3 heterocycles. The second-order valence-electron chi connectivity index (χ2n) is 7.30. The van der Waals surface area contributed by atoms with Crippen LogP contribution in [0, 0.1) is 12.1 Å². The molecule has 3 aromatic carbocycles. The minimum atomic E-state index is -0.769. The Morgan fingerprint density at radius 2 is 1.61 bits per heavy atom.